The second kappa shape index (κ2) is 8.52. The molecule has 0 fully saturated rings. The van der Waals surface area contributed by atoms with E-state index in [9.17, 15) is 18.0 Å². The second-order valence-corrected chi connectivity index (χ2v) is 7.01. The first-order valence-corrected chi connectivity index (χ1v) is 9.34. The first-order valence-electron chi connectivity index (χ1n) is 8.36. The Hall–Kier alpha value is -3.08. The highest BCUT2D eigenvalue weighted by Gasteiger charge is 2.31. The summed E-state index contributed by atoms with van der Waals surface area (Å²) in [5.41, 5.74) is 3.14. The van der Waals surface area contributed by atoms with Crippen LogP contribution < -0.4 is 10.1 Å². The van der Waals surface area contributed by atoms with Crippen LogP contribution in [-0.2, 0) is 4.79 Å². The quantitative estimate of drug-likeness (QED) is 0.606. The third kappa shape index (κ3) is 5.70. The SMILES string of the molecule is Cc1ccc(C)c(NC(=O)CSc2nnnn2-c2ccc(OC(F)(F)F)cc2)c1. The van der Waals surface area contributed by atoms with Crippen molar-refractivity contribution >= 4 is 23.4 Å². The Morgan fingerprint density at radius 3 is 2.59 bits per heavy atom. The number of halogens is 3. The molecule has 0 bridgehead atoms. The van der Waals surface area contributed by atoms with E-state index < -0.39 is 6.36 Å². The van der Waals surface area contributed by atoms with Crippen LogP contribution in [0.4, 0.5) is 18.9 Å². The molecule has 1 heterocycles. The molecular weight excluding hydrogens is 407 g/mol. The van der Waals surface area contributed by atoms with Gasteiger partial charge in [0.15, 0.2) is 0 Å². The van der Waals surface area contributed by atoms with Crippen molar-refractivity contribution in [1.29, 1.82) is 0 Å². The van der Waals surface area contributed by atoms with E-state index in [0.29, 0.717) is 10.8 Å². The molecule has 1 aromatic heterocycles. The number of thioether (sulfide) groups is 1. The molecule has 0 saturated carbocycles. The molecule has 152 valence electrons. The smallest absolute Gasteiger partial charge is 0.406 e. The van der Waals surface area contributed by atoms with Gasteiger partial charge in [-0.2, -0.15) is 4.68 Å². The van der Waals surface area contributed by atoms with Gasteiger partial charge in [0.1, 0.15) is 5.75 Å². The number of ether oxygens (including phenoxy) is 1. The number of tetrazole rings is 1. The normalized spacial score (nSPS) is 11.3. The Labute approximate surface area is 168 Å². The van der Waals surface area contributed by atoms with Gasteiger partial charge in [-0.05, 0) is 65.7 Å². The maximum Gasteiger partial charge on any atom is 0.573 e. The molecule has 0 radical (unpaired) electrons. The van der Waals surface area contributed by atoms with Crippen LogP contribution in [0.15, 0.2) is 47.6 Å². The molecule has 1 N–H and O–H groups in total. The number of hydrogen-bond donors (Lipinski definition) is 1. The molecule has 3 rings (SSSR count). The van der Waals surface area contributed by atoms with E-state index in [4.69, 9.17) is 0 Å². The highest BCUT2D eigenvalue weighted by molar-refractivity contribution is 7.99. The van der Waals surface area contributed by atoms with Gasteiger partial charge in [-0.25, -0.2) is 0 Å². The van der Waals surface area contributed by atoms with Crippen LogP contribution in [0.2, 0.25) is 0 Å². The van der Waals surface area contributed by atoms with E-state index >= 15 is 0 Å². The molecule has 3 aromatic rings. The topological polar surface area (TPSA) is 81.9 Å². The number of amides is 1. The third-order valence-electron chi connectivity index (χ3n) is 3.76. The van der Waals surface area contributed by atoms with E-state index in [2.05, 4.69) is 25.6 Å². The van der Waals surface area contributed by atoms with Crippen LogP contribution in [0, 0.1) is 13.8 Å². The standard InChI is InChI=1S/C18H16F3N5O2S/c1-11-3-4-12(2)15(9-11)22-16(27)10-29-17-23-24-25-26(17)13-5-7-14(8-6-13)28-18(19,20)21/h3-9H,10H2,1-2H3,(H,22,27). The lowest BCUT2D eigenvalue weighted by Crippen LogP contribution is -2.17. The van der Waals surface area contributed by atoms with Crippen molar-refractivity contribution in [2.24, 2.45) is 0 Å². The Balaban J connectivity index is 1.64. The zero-order valence-corrected chi connectivity index (χ0v) is 16.2. The Bertz CT molecular complexity index is 1010. The van der Waals surface area contributed by atoms with Gasteiger partial charge in [-0.15, -0.1) is 18.3 Å². The fourth-order valence-corrected chi connectivity index (χ4v) is 3.10. The lowest BCUT2D eigenvalue weighted by Gasteiger charge is -2.10. The molecule has 0 saturated heterocycles. The minimum Gasteiger partial charge on any atom is -0.406 e. The molecule has 0 aliphatic heterocycles. The van der Waals surface area contributed by atoms with Crippen LogP contribution in [0.5, 0.6) is 5.75 Å². The first kappa shape index (κ1) is 20.6. The van der Waals surface area contributed by atoms with Crippen molar-refractivity contribution in [3.8, 4) is 11.4 Å². The minimum atomic E-state index is -4.76. The lowest BCUT2D eigenvalue weighted by atomic mass is 10.1. The van der Waals surface area contributed by atoms with Gasteiger partial charge in [0.2, 0.25) is 11.1 Å². The Kier molecular flexibility index (Phi) is 6.06. The molecule has 0 aliphatic carbocycles. The summed E-state index contributed by atoms with van der Waals surface area (Å²) in [4.78, 5) is 12.3. The lowest BCUT2D eigenvalue weighted by molar-refractivity contribution is -0.274. The fourth-order valence-electron chi connectivity index (χ4n) is 2.41. The summed E-state index contributed by atoms with van der Waals surface area (Å²) in [6, 6.07) is 10.9. The fraction of sp³-hybridized carbons (Fsp3) is 0.222. The van der Waals surface area contributed by atoms with E-state index in [1.165, 1.54) is 16.8 Å². The number of aromatic nitrogens is 4. The maximum atomic E-state index is 12.3. The van der Waals surface area contributed by atoms with Crippen molar-refractivity contribution in [3.05, 3.63) is 53.6 Å². The number of anilines is 1. The number of nitrogens with zero attached hydrogens (tertiary/aromatic N) is 4. The number of hydrogen-bond acceptors (Lipinski definition) is 6. The number of alkyl halides is 3. The van der Waals surface area contributed by atoms with Crippen LogP contribution in [-0.4, -0.2) is 38.2 Å². The van der Waals surface area contributed by atoms with Crippen molar-refractivity contribution < 1.29 is 22.7 Å². The molecular formula is C18H16F3N5O2S. The summed E-state index contributed by atoms with van der Waals surface area (Å²) in [7, 11) is 0. The van der Waals surface area contributed by atoms with Gasteiger partial charge in [0, 0.05) is 5.69 Å². The molecule has 0 unspecified atom stereocenters. The van der Waals surface area contributed by atoms with Crippen molar-refractivity contribution in [2.45, 2.75) is 25.4 Å². The predicted octanol–water partition coefficient (Wildman–Crippen LogP) is 3.91. The Morgan fingerprint density at radius 2 is 1.90 bits per heavy atom. The molecule has 29 heavy (non-hydrogen) atoms. The summed E-state index contributed by atoms with van der Waals surface area (Å²) in [6.45, 7) is 3.83. The zero-order chi connectivity index (χ0) is 21.0. The number of aryl methyl sites for hydroxylation is 2. The van der Waals surface area contributed by atoms with Crippen molar-refractivity contribution in [3.63, 3.8) is 0 Å². The summed E-state index contributed by atoms with van der Waals surface area (Å²) in [5.74, 6) is -0.521. The van der Waals surface area contributed by atoms with Crippen LogP contribution in [0.3, 0.4) is 0 Å². The first-order chi connectivity index (χ1) is 13.7. The van der Waals surface area contributed by atoms with Gasteiger partial charge >= 0.3 is 6.36 Å². The predicted molar refractivity (Wildman–Crippen MR) is 101 cm³/mol. The molecule has 2 aromatic carbocycles. The number of carbonyl (C=O) groups excluding carboxylic acids is 1. The minimum absolute atomic E-state index is 0.0586. The van der Waals surface area contributed by atoms with Gasteiger partial charge in [-0.3, -0.25) is 4.79 Å². The van der Waals surface area contributed by atoms with Gasteiger partial charge in [0.25, 0.3) is 0 Å². The largest absolute Gasteiger partial charge is 0.573 e. The van der Waals surface area contributed by atoms with Gasteiger partial charge in [0.05, 0.1) is 11.4 Å². The number of carbonyl (C=O) groups is 1. The average Bonchev–Trinajstić information content (AvgIpc) is 3.11. The molecule has 0 spiro atoms. The van der Waals surface area contributed by atoms with Crippen molar-refractivity contribution in [1.82, 2.24) is 20.2 Å². The van der Waals surface area contributed by atoms with Crippen LogP contribution in [0.25, 0.3) is 5.69 Å². The van der Waals surface area contributed by atoms with Gasteiger partial charge in [-0.1, -0.05) is 23.9 Å². The summed E-state index contributed by atoms with van der Waals surface area (Å²) >= 11 is 1.10. The highest BCUT2D eigenvalue weighted by atomic mass is 32.2. The van der Waals surface area contributed by atoms with E-state index in [1.54, 1.807) is 0 Å². The third-order valence-corrected chi connectivity index (χ3v) is 4.67. The van der Waals surface area contributed by atoms with Crippen molar-refractivity contribution in [2.75, 3.05) is 11.1 Å². The molecule has 0 atom stereocenters. The molecule has 1 amide bonds. The van der Waals surface area contributed by atoms with E-state index in [1.807, 2.05) is 32.0 Å². The molecule has 0 aliphatic rings. The van der Waals surface area contributed by atoms with E-state index in [-0.39, 0.29) is 17.4 Å². The number of benzene rings is 2. The summed E-state index contributed by atoms with van der Waals surface area (Å²) in [5, 5.41) is 14.4. The van der Waals surface area contributed by atoms with Crippen LogP contribution >= 0.6 is 11.8 Å². The van der Waals surface area contributed by atoms with Gasteiger partial charge < -0.3 is 10.1 Å². The molecule has 11 heteroatoms. The average molecular weight is 423 g/mol. The maximum absolute atomic E-state index is 12.3. The summed E-state index contributed by atoms with van der Waals surface area (Å²) in [6.07, 6.45) is -4.76. The summed E-state index contributed by atoms with van der Waals surface area (Å²) < 4.78 is 41.9. The van der Waals surface area contributed by atoms with Crippen LogP contribution in [0.1, 0.15) is 11.1 Å². The number of rotatable bonds is 6. The highest BCUT2D eigenvalue weighted by Crippen LogP contribution is 2.25. The number of nitrogens with one attached hydrogen (secondary N) is 1. The molecule has 7 nitrogen and oxygen atoms in total. The van der Waals surface area contributed by atoms with E-state index in [0.717, 1.165) is 40.7 Å². The second-order valence-electron chi connectivity index (χ2n) is 6.07. The zero-order valence-electron chi connectivity index (χ0n) is 15.4. The monoisotopic (exact) mass is 423 g/mol. The Morgan fingerprint density at radius 1 is 1.17 bits per heavy atom.